The summed E-state index contributed by atoms with van der Waals surface area (Å²) < 4.78 is 11.1. The Kier molecular flexibility index (Phi) is 40.1. The Morgan fingerprint density at radius 3 is 1.39 bits per heavy atom. The van der Waals surface area contributed by atoms with Crippen molar-refractivity contribution < 1.29 is 19.4 Å². The highest BCUT2D eigenvalue weighted by Gasteiger charge is 2.13. The molecule has 1 unspecified atom stereocenters. The molecular formula is C45H78O4. The summed E-state index contributed by atoms with van der Waals surface area (Å²) >= 11 is 0. The van der Waals surface area contributed by atoms with E-state index in [-0.39, 0.29) is 19.2 Å². The van der Waals surface area contributed by atoms with Crippen molar-refractivity contribution in [2.24, 2.45) is 0 Å². The molecule has 0 heterocycles. The van der Waals surface area contributed by atoms with E-state index in [4.69, 9.17) is 9.47 Å². The number of ether oxygens (including phenoxy) is 2. The number of aliphatic hydroxyl groups excluding tert-OH is 1. The van der Waals surface area contributed by atoms with Crippen molar-refractivity contribution in [3.63, 3.8) is 0 Å². The third-order valence-electron chi connectivity index (χ3n) is 8.55. The first-order valence-electron chi connectivity index (χ1n) is 20.5. The summed E-state index contributed by atoms with van der Waals surface area (Å²) in [5.41, 5.74) is 0. The van der Waals surface area contributed by atoms with Crippen molar-refractivity contribution in [1.29, 1.82) is 0 Å². The lowest BCUT2D eigenvalue weighted by molar-refractivity contribution is -0.154. The lowest BCUT2D eigenvalue weighted by Gasteiger charge is -2.15. The van der Waals surface area contributed by atoms with Crippen LogP contribution in [0, 0.1) is 0 Å². The molecule has 0 fully saturated rings. The van der Waals surface area contributed by atoms with Crippen LogP contribution in [0.3, 0.4) is 0 Å². The van der Waals surface area contributed by atoms with E-state index in [2.05, 4.69) is 86.8 Å². The number of carbonyl (C=O) groups excluding carboxylic acids is 1. The standard InChI is InChI=1S/C45H78O4/c1-3-5-7-9-11-13-15-17-18-19-20-21-22-23-24-25-26-27-29-31-33-35-37-39-41-48-43-44(42-46)49-45(47)40-38-36-34-32-30-28-16-14-12-10-8-6-4-2/h5,7,11,13,17-18,20-21,23-24,26-27,44,46H,3-4,6,8-10,12,14-16,19,22,25,28-43H2,1-2H3/b7-5-,13-11-,18-17-,21-20-,24-23-,27-26-. The smallest absolute Gasteiger partial charge is 0.306 e. The molecular weight excluding hydrogens is 604 g/mol. The average molecular weight is 683 g/mol. The van der Waals surface area contributed by atoms with Gasteiger partial charge in [0.25, 0.3) is 0 Å². The van der Waals surface area contributed by atoms with Crippen molar-refractivity contribution in [1.82, 2.24) is 0 Å². The number of hydrogen-bond acceptors (Lipinski definition) is 4. The van der Waals surface area contributed by atoms with Crippen LogP contribution in [0.25, 0.3) is 0 Å². The summed E-state index contributed by atoms with van der Waals surface area (Å²) in [5.74, 6) is -0.211. The largest absolute Gasteiger partial charge is 0.457 e. The van der Waals surface area contributed by atoms with Crippen molar-refractivity contribution in [3.8, 4) is 0 Å². The summed E-state index contributed by atoms with van der Waals surface area (Å²) in [7, 11) is 0. The summed E-state index contributed by atoms with van der Waals surface area (Å²) in [4.78, 5) is 12.2. The highest BCUT2D eigenvalue weighted by atomic mass is 16.6. The van der Waals surface area contributed by atoms with E-state index >= 15 is 0 Å². The zero-order valence-electron chi connectivity index (χ0n) is 32.2. The fourth-order valence-corrected chi connectivity index (χ4v) is 5.51. The molecule has 49 heavy (non-hydrogen) atoms. The zero-order valence-corrected chi connectivity index (χ0v) is 32.2. The molecule has 0 aliphatic rings. The highest BCUT2D eigenvalue weighted by molar-refractivity contribution is 5.69. The molecule has 0 rings (SSSR count). The molecule has 0 spiro atoms. The molecule has 0 bridgehead atoms. The van der Waals surface area contributed by atoms with Crippen molar-refractivity contribution in [2.75, 3.05) is 19.8 Å². The molecule has 4 heteroatoms. The van der Waals surface area contributed by atoms with Crippen LogP contribution >= 0.6 is 0 Å². The second kappa shape index (κ2) is 42.0. The van der Waals surface area contributed by atoms with Crippen LogP contribution in [0.1, 0.15) is 181 Å². The van der Waals surface area contributed by atoms with E-state index in [1.807, 2.05) is 0 Å². The second-order valence-corrected chi connectivity index (χ2v) is 13.3. The molecule has 0 aliphatic carbocycles. The SMILES string of the molecule is CC/C=C\C/C=C\C/C=C\C/C=C\C/C=C\C/C=C\CCCCCCCOCC(CO)OC(=O)CCCCCCCCCCCCCCC. The maximum Gasteiger partial charge on any atom is 0.306 e. The maximum atomic E-state index is 12.2. The minimum Gasteiger partial charge on any atom is -0.457 e. The molecule has 0 aromatic carbocycles. The van der Waals surface area contributed by atoms with E-state index in [9.17, 15) is 9.90 Å². The monoisotopic (exact) mass is 683 g/mol. The van der Waals surface area contributed by atoms with Crippen LogP contribution in [-0.4, -0.2) is 37.0 Å². The Morgan fingerprint density at radius 1 is 0.510 bits per heavy atom. The van der Waals surface area contributed by atoms with Crippen molar-refractivity contribution in [2.45, 2.75) is 187 Å². The van der Waals surface area contributed by atoms with Gasteiger partial charge in [-0.05, 0) is 64.2 Å². The third kappa shape index (κ3) is 40.1. The predicted octanol–water partition coefficient (Wildman–Crippen LogP) is 13.4. The molecule has 1 N–H and O–H groups in total. The molecule has 0 aromatic heterocycles. The van der Waals surface area contributed by atoms with Crippen molar-refractivity contribution in [3.05, 3.63) is 72.9 Å². The molecule has 4 nitrogen and oxygen atoms in total. The van der Waals surface area contributed by atoms with Gasteiger partial charge in [-0.3, -0.25) is 4.79 Å². The van der Waals surface area contributed by atoms with Gasteiger partial charge in [0.15, 0.2) is 0 Å². The fourth-order valence-electron chi connectivity index (χ4n) is 5.51. The first kappa shape index (κ1) is 46.8. The molecule has 0 saturated heterocycles. The van der Waals surface area contributed by atoms with E-state index < -0.39 is 6.10 Å². The lowest BCUT2D eigenvalue weighted by atomic mass is 10.0. The Morgan fingerprint density at radius 2 is 0.918 bits per heavy atom. The van der Waals surface area contributed by atoms with Crippen LogP contribution in [-0.2, 0) is 14.3 Å². The lowest BCUT2D eigenvalue weighted by Crippen LogP contribution is -2.27. The minimum absolute atomic E-state index is 0.182. The van der Waals surface area contributed by atoms with Gasteiger partial charge in [0.05, 0.1) is 13.2 Å². The Labute approximate surface area is 304 Å². The quantitative estimate of drug-likeness (QED) is 0.0402. The number of rotatable bonds is 37. The van der Waals surface area contributed by atoms with Crippen molar-refractivity contribution >= 4 is 5.97 Å². The van der Waals surface area contributed by atoms with Crippen LogP contribution < -0.4 is 0 Å². The summed E-state index contributed by atoms with van der Waals surface area (Å²) in [6, 6.07) is 0. The number of hydrogen-bond donors (Lipinski definition) is 1. The number of allylic oxidation sites excluding steroid dienone is 12. The van der Waals surface area contributed by atoms with Gasteiger partial charge >= 0.3 is 5.97 Å². The van der Waals surface area contributed by atoms with Crippen LogP contribution in [0.15, 0.2) is 72.9 Å². The summed E-state index contributed by atoms with van der Waals surface area (Å²) in [6.07, 6.45) is 56.7. The predicted molar refractivity (Wildman–Crippen MR) is 214 cm³/mol. The summed E-state index contributed by atoms with van der Waals surface area (Å²) in [6.45, 7) is 5.18. The summed E-state index contributed by atoms with van der Waals surface area (Å²) in [5, 5.41) is 9.58. The average Bonchev–Trinajstić information content (AvgIpc) is 3.11. The zero-order chi connectivity index (χ0) is 35.6. The normalized spacial score (nSPS) is 13.1. The third-order valence-corrected chi connectivity index (χ3v) is 8.55. The van der Waals surface area contributed by atoms with E-state index in [0.717, 1.165) is 70.6 Å². The van der Waals surface area contributed by atoms with Gasteiger partial charge in [0, 0.05) is 13.0 Å². The Hall–Kier alpha value is -2.17. The van der Waals surface area contributed by atoms with Gasteiger partial charge in [-0.1, -0.05) is 183 Å². The van der Waals surface area contributed by atoms with Crippen LogP contribution in [0.5, 0.6) is 0 Å². The Balaban J connectivity index is 3.52. The number of aliphatic hydroxyl groups is 1. The number of esters is 1. The molecule has 0 radical (unpaired) electrons. The number of carbonyl (C=O) groups is 1. The molecule has 282 valence electrons. The van der Waals surface area contributed by atoms with Gasteiger partial charge in [0.2, 0.25) is 0 Å². The molecule has 0 aromatic rings. The van der Waals surface area contributed by atoms with Gasteiger partial charge in [-0.2, -0.15) is 0 Å². The fraction of sp³-hybridized carbons (Fsp3) is 0.711. The second-order valence-electron chi connectivity index (χ2n) is 13.3. The molecule has 0 saturated carbocycles. The van der Waals surface area contributed by atoms with E-state index in [1.165, 1.54) is 89.9 Å². The number of unbranched alkanes of at least 4 members (excludes halogenated alkanes) is 17. The van der Waals surface area contributed by atoms with Gasteiger partial charge in [-0.15, -0.1) is 0 Å². The first-order valence-corrected chi connectivity index (χ1v) is 20.5. The Bertz CT molecular complexity index is 850. The van der Waals surface area contributed by atoms with E-state index in [0.29, 0.717) is 13.0 Å². The molecule has 0 aliphatic heterocycles. The van der Waals surface area contributed by atoms with Crippen LogP contribution in [0.2, 0.25) is 0 Å². The molecule has 0 amide bonds. The van der Waals surface area contributed by atoms with Gasteiger partial charge in [0.1, 0.15) is 6.10 Å². The highest BCUT2D eigenvalue weighted by Crippen LogP contribution is 2.13. The first-order chi connectivity index (χ1) is 24.2. The minimum atomic E-state index is -0.545. The topological polar surface area (TPSA) is 55.8 Å². The van der Waals surface area contributed by atoms with Gasteiger partial charge in [-0.25, -0.2) is 0 Å². The van der Waals surface area contributed by atoms with Crippen LogP contribution in [0.4, 0.5) is 0 Å². The maximum absolute atomic E-state index is 12.2. The van der Waals surface area contributed by atoms with E-state index in [1.54, 1.807) is 0 Å². The molecule has 1 atom stereocenters. The van der Waals surface area contributed by atoms with Gasteiger partial charge < -0.3 is 14.6 Å².